The third kappa shape index (κ3) is 3.86. The summed E-state index contributed by atoms with van der Waals surface area (Å²) in [7, 11) is 0. The fraction of sp³-hybridized carbons (Fsp3) is 0.429. The first-order chi connectivity index (χ1) is 9.21. The number of nitrogens with two attached hydrogens (primary N) is 1. The van der Waals surface area contributed by atoms with Crippen LogP contribution in [-0.2, 0) is 12.8 Å². The zero-order valence-corrected chi connectivity index (χ0v) is 11.0. The van der Waals surface area contributed by atoms with E-state index in [9.17, 15) is 4.39 Å². The first-order valence-corrected chi connectivity index (χ1v) is 6.47. The topological polar surface area (TPSA) is 64.9 Å². The van der Waals surface area contributed by atoms with Crippen LogP contribution < -0.4 is 5.73 Å². The Bertz CT molecular complexity index is 523. The number of hydrogen-bond acceptors (Lipinski definition) is 4. The van der Waals surface area contributed by atoms with E-state index in [2.05, 4.69) is 17.1 Å². The lowest BCUT2D eigenvalue weighted by atomic mass is 10.0. The van der Waals surface area contributed by atoms with Crippen molar-refractivity contribution in [3.8, 4) is 0 Å². The van der Waals surface area contributed by atoms with Gasteiger partial charge < -0.3 is 10.3 Å². The van der Waals surface area contributed by atoms with Crippen molar-refractivity contribution < 1.29 is 8.91 Å². The van der Waals surface area contributed by atoms with Gasteiger partial charge in [-0.25, -0.2) is 4.39 Å². The molecule has 102 valence electrons. The van der Waals surface area contributed by atoms with E-state index in [1.54, 1.807) is 6.07 Å². The normalized spacial score (nSPS) is 12.6. The first kappa shape index (κ1) is 13.7. The molecule has 1 heterocycles. The van der Waals surface area contributed by atoms with Gasteiger partial charge in [0, 0.05) is 12.8 Å². The molecule has 0 aliphatic rings. The monoisotopic (exact) mass is 263 g/mol. The highest BCUT2D eigenvalue weighted by Gasteiger charge is 2.12. The molecule has 0 amide bonds. The van der Waals surface area contributed by atoms with Gasteiger partial charge >= 0.3 is 0 Å². The second-order valence-electron chi connectivity index (χ2n) is 4.63. The summed E-state index contributed by atoms with van der Waals surface area (Å²) in [6, 6.07) is 6.41. The molecule has 1 aromatic carbocycles. The molecule has 1 unspecified atom stereocenters. The van der Waals surface area contributed by atoms with Crippen LogP contribution >= 0.6 is 0 Å². The van der Waals surface area contributed by atoms with Gasteiger partial charge in [0.1, 0.15) is 5.82 Å². The standard InChI is InChI=1S/C14H18FN3O/c1-2-10(9-16)8-14-17-13(18-19-14)7-11-4-3-5-12(15)6-11/h3-6,10H,2,7-9,16H2,1H3. The van der Waals surface area contributed by atoms with Gasteiger partial charge in [0.05, 0.1) is 0 Å². The van der Waals surface area contributed by atoms with Crippen molar-refractivity contribution in [3.05, 3.63) is 47.4 Å². The van der Waals surface area contributed by atoms with E-state index < -0.39 is 0 Å². The molecule has 0 bridgehead atoms. The lowest BCUT2D eigenvalue weighted by Crippen LogP contribution is -2.16. The van der Waals surface area contributed by atoms with Gasteiger partial charge in [0.2, 0.25) is 5.89 Å². The molecule has 2 rings (SSSR count). The van der Waals surface area contributed by atoms with Crippen LogP contribution in [0.15, 0.2) is 28.8 Å². The summed E-state index contributed by atoms with van der Waals surface area (Å²) in [6.45, 7) is 2.69. The number of aromatic nitrogens is 2. The fourth-order valence-corrected chi connectivity index (χ4v) is 1.92. The lowest BCUT2D eigenvalue weighted by molar-refractivity contribution is 0.347. The summed E-state index contributed by atoms with van der Waals surface area (Å²) in [4.78, 5) is 4.32. The van der Waals surface area contributed by atoms with Crippen molar-refractivity contribution in [2.75, 3.05) is 6.54 Å². The average Bonchev–Trinajstić information content (AvgIpc) is 2.83. The van der Waals surface area contributed by atoms with E-state index in [-0.39, 0.29) is 5.82 Å². The zero-order valence-electron chi connectivity index (χ0n) is 11.0. The highest BCUT2D eigenvalue weighted by Crippen LogP contribution is 2.12. The molecule has 0 fully saturated rings. The van der Waals surface area contributed by atoms with Gasteiger partial charge in [-0.05, 0) is 30.2 Å². The minimum absolute atomic E-state index is 0.254. The molecule has 0 aliphatic heterocycles. The summed E-state index contributed by atoms with van der Waals surface area (Å²) in [5, 5.41) is 3.91. The van der Waals surface area contributed by atoms with Crippen molar-refractivity contribution in [2.24, 2.45) is 11.7 Å². The van der Waals surface area contributed by atoms with Crippen LogP contribution in [0.4, 0.5) is 4.39 Å². The summed E-state index contributed by atoms with van der Waals surface area (Å²) in [6.07, 6.45) is 2.15. The van der Waals surface area contributed by atoms with Crippen LogP contribution in [0.5, 0.6) is 0 Å². The van der Waals surface area contributed by atoms with Gasteiger partial charge in [0.25, 0.3) is 0 Å². The zero-order chi connectivity index (χ0) is 13.7. The molecule has 0 saturated carbocycles. The summed E-state index contributed by atoms with van der Waals surface area (Å²) >= 11 is 0. The molecule has 2 N–H and O–H groups in total. The Morgan fingerprint density at radius 1 is 1.42 bits per heavy atom. The van der Waals surface area contributed by atoms with Gasteiger partial charge in [-0.2, -0.15) is 4.98 Å². The molecule has 4 nitrogen and oxygen atoms in total. The molecular formula is C14H18FN3O. The van der Waals surface area contributed by atoms with Crippen molar-refractivity contribution >= 4 is 0 Å². The first-order valence-electron chi connectivity index (χ1n) is 6.47. The van der Waals surface area contributed by atoms with Crippen LogP contribution in [0.3, 0.4) is 0 Å². The van der Waals surface area contributed by atoms with Crippen LogP contribution in [-0.4, -0.2) is 16.7 Å². The number of rotatable bonds is 6. The van der Waals surface area contributed by atoms with Gasteiger partial charge in [-0.3, -0.25) is 0 Å². The van der Waals surface area contributed by atoms with Crippen molar-refractivity contribution in [1.29, 1.82) is 0 Å². The second-order valence-corrected chi connectivity index (χ2v) is 4.63. The Morgan fingerprint density at radius 3 is 2.95 bits per heavy atom. The van der Waals surface area contributed by atoms with E-state index in [0.717, 1.165) is 12.0 Å². The van der Waals surface area contributed by atoms with E-state index in [1.807, 2.05) is 6.07 Å². The minimum Gasteiger partial charge on any atom is -0.339 e. The highest BCUT2D eigenvalue weighted by atomic mass is 19.1. The third-order valence-corrected chi connectivity index (χ3v) is 3.14. The molecule has 1 aromatic heterocycles. The largest absolute Gasteiger partial charge is 0.339 e. The molecule has 1 atom stereocenters. The summed E-state index contributed by atoms with van der Waals surface area (Å²) in [5.41, 5.74) is 6.48. The smallest absolute Gasteiger partial charge is 0.226 e. The highest BCUT2D eigenvalue weighted by molar-refractivity contribution is 5.19. The molecule has 0 radical (unpaired) electrons. The van der Waals surface area contributed by atoms with Crippen LogP contribution in [0.2, 0.25) is 0 Å². The lowest BCUT2D eigenvalue weighted by Gasteiger charge is -2.07. The minimum atomic E-state index is -0.254. The van der Waals surface area contributed by atoms with Crippen molar-refractivity contribution in [1.82, 2.24) is 10.1 Å². The maximum Gasteiger partial charge on any atom is 0.226 e. The predicted molar refractivity (Wildman–Crippen MR) is 70.0 cm³/mol. The molecule has 5 heteroatoms. The van der Waals surface area contributed by atoms with Gasteiger partial charge in [-0.1, -0.05) is 30.6 Å². The van der Waals surface area contributed by atoms with Crippen LogP contribution in [0, 0.1) is 11.7 Å². The third-order valence-electron chi connectivity index (χ3n) is 3.14. The summed E-state index contributed by atoms with van der Waals surface area (Å²) < 4.78 is 18.3. The molecule has 0 aliphatic carbocycles. The molecule has 19 heavy (non-hydrogen) atoms. The molecular weight excluding hydrogens is 245 g/mol. The SMILES string of the molecule is CCC(CN)Cc1nc(Cc2cccc(F)c2)no1. The quantitative estimate of drug-likeness (QED) is 0.868. The van der Waals surface area contributed by atoms with Gasteiger partial charge in [-0.15, -0.1) is 0 Å². The van der Waals surface area contributed by atoms with E-state index in [1.165, 1.54) is 12.1 Å². The summed E-state index contributed by atoms with van der Waals surface area (Å²) in [5.74, 6) is 1.29. The van der Waals surface area contributed by atoms with Gasteiger partial charge in [0.15, 0.2) is 5.82 Å². The fourth-order valence-electron chi connectivity index (χ4n) is 1.92. The number of nitrogens with zero attached hydrogens (tertiary/aromatic N) is 2. The molecule has 0 saturated heterocycles. The Labute approximate surface area is 111 Å². The maximum absolute atomic E-state index is 13.1. The maximum atomic E-state index is 13.1. The Balaban J connectivity index is 2.01. The Kier molecular flexibility index (Phi) is 4.63. The Morgan fingerprint density at radius 2 is 2.26 bits per heavy atom. The van der Waals surface area contributed by atoms with Crippen LogP contribution in [0.1, 0.15) is 30.6 Å². The average molecular weight is 263 g/mol. The van der Waals surface area contributed by atoms with Crippen molar-refractivity contribution in [2.45, 2.75) is 26.2 Å². The molecule has 0 spiro atoms. The second kappa shape index (κ2) is 6.43. The predicted octanol–water partition coefficient (Wildman–Crippen LogP) is 2.33. The molecule has 2 aromatic rings. The van der Waals surface area contributed by atoms with E-state index in [4.69, 9.17) is 10.3 Å². The van der Waals surface area contributed by atoms with E-state index in [0.29, 0.717) is 37.0 Å². The van der Waals surface area contributed by atoms with Crippen molar-refractivity contribution in [3.63, 3.8) is 0 Å². The number of halogens is 1. The Hall–Kier alpha value is -1.75. The van der Waals surface area contributed by atoms with E-state index >= 15 is 0 Å². The number of hydrogen-bond donors (Lipinski definition) is 1. The number of benzene rings is 1. The van der Waals surface area contributed by atoms with Crippen LogP contribution in [0.25, 0.3) is 0 Å².